The first-order chi connectivity index (χ1) is 6.84. The third-order valence-electron chi connectivity index (χ3n) is 1.62. The lowest BCUT2D eigenvalue weighted by Gasteiger charge is -1.98. The minimum absolute atomic E-state index is 0.563. The van der Waals surface area contributed by atoms with Crippen molar-refractivity contribution in [3.63, 3.8) is 0 Å². The van der Waals surface area contributed by atoms with Gasteiger partial charge in [-0.2, -0.15) is 0 Å². The van der Waals surface area contributed by atoms with Crippen LogP contribution < -0.4 is 5.73 Å². The van der Waals surface area contributed by atoms with E-state index in [1.807, 2.05) is 23.7 Å². The summed E-state index contributed by atoms with van der Waals surface area (Å²) < 4.78 is 1.09. The highest BCUT2D eigenvalue weighted by molar-refractivity contribution is 8.00. The van der Waals surface area contributed by atoms with E-state index in [0.717, 1.165) is 10.1 Å². The van der Waals surface area contributed by atoms with Gasteiger partial charge in [0, 0.05) is 23.5 Å². The van der Waals surface area contributed by atoms with Crippen LogP contribution in [0.15, 0.2) is 34.2 Å². The molecule has 0 aliphatic heterocycles. The molecule has 0 spiro atoms. The van der Waals surface area contributed by atoms with E-state index in [1.165, 1.54) is 5.56 Å². The highest BCUT2D eigenvalue weighted by atomic mass is 32.2. The fourth-order valence-corrected chi connectivity index (χ4v) is 2.52. The Morgan fingerprint density at radius 2 is 2.29 bits per heavy atom. The van der Waals surface area contributed by atoms with Crippen molar-refractivity contribution in [3.8, 4) is 0 Å². The number of hydrogen-bond donors (Lipinski definition) is 1. The van der Waals surface area contributed by atoms with Gasteiger partial charge in [-0.1, -0.05) is 17.8 Å². The van der Waals surface area contributed by atoms with Crippen LogP contribution in [0, 0.1) is 0 Å². The van der Waals surface area contributed by atoms with Crippen molar-refractivity contribution < 1.29 is 0 Å². The van der Waals surface area contributed by atoms with Crippen molar-refractivity contribution in [2.75, 3.05) is 5.73 Å². The number of pyridine rings is 1. The van der Waals surface area contributed by atoms with E-state index in [2.05, 4.69) is 9.97 Å². The van der Waals surface area contributed by atoms with Gasteiger partial charge >= 0.3 is 0 Å². The van der Waals surface area contributed by atoms with Gasteiger partial charge in [0.05, 0.1) is 0 Å². The van der Waals surface area contributed by atoms with E-state index in [4.69, 9.17) is 5.73 Å². The topological polar surface area (TPSA) is 51.8 Å². The normalized spacial score (nSPS) is 10.3. The van der Waals surface area contributed by atoms with Crippen molar-refractivity contribution in [3.05, 3.63) is 35.5 Å². The largest absolute Gasteiger partial charge is 0.384 e. The quantitative estimate of drug-likeness (QED) is 0.812. The summed E-state index contributed by atoms with van der Waals surface area (Å²) in [6.45, 7) is 0. The first-order valence-corrected chi connectivity index (χ1v) is 5.94. The fourth-order valence-electron chi connectivity index (χ4n) is 0.948. The molecule has 0 saturated carbocycles. The number of nitrogen functional groups attached to an aromatic ring is 1. The molecule has 5 heteroatoms. The monoisotopic (exact) mass is 223 g/mol. The average Bonchev–Trinajstić information content (AvgIpc) is 2.70. The Kier molecular flexibility index (Phi) is 3.00. The Bertz CT molecular complexity index is 383. The van der Waals surface area contributed by atoms with Crippen molar-refractivity contribution in [1.29, 1.82) is 0 Å². The van der Waals surface area contributed by atoms with E-state index in [-0.39, 0.29) is 0 Å². The smallest absolute Gasteiger partial charge is 0.150 e. The van der Waals surface area contributed by atoms with Gasteiger partial charge in [-0.3, -0.25) is 0 Å². The lowest BCUT2D eigenvalue weighted by molar-refractivity contribution is 1.23. The molecule has 0 atom stereocenters. The SMILES string of the molecule is Nc1ccc(CSc2nccs2)cn1. The van der Waals surface area contributed by atoms with Crippen LogP contribution in [0.25, 0.3) is 0 Å². The molecule has 3 nitrogen and oxygen atoms in total. The molecule has 0 aliphatic carbocycles. The van der Waals surface area contributed by atoms with Crippen LogP contribution in [0.4, 0.5) is 5.82 Å². The number of anilines is 1. The second-order valence-electron chi connectivity index (χ2n) is 2.68. The number of nitrogens with two attached hydrogens (primary N) is 1. The second-order valence-corrected chi connectivity index (χ2v) is 4.80. The highest BCUT2D eigenvalue weighted by Gasteiger charge is 1.98. The lowest BCUT2D eigenvalue weighted by Crippen LogP contribution is -1.90. The molecule has 2 aromatic heterocycles. The lowest BCUT2D eigenvalue weighted by atomic mass is 10.3. The van der Waals surface area contributed by atoms with Crippen LogP contribution in [-0.2, 0) is 5.75 Å². The van der Waals surface area contributed by atoms with Gasteiger partial charge in [0.2, 0.25) is 0 Å². The minimum atomic E-state index is 0.563. The summed E-state index contributed by atoms with van der Waals surface area (Å²) in [4.78, 5) is 8.21. The number of rotatable bonds is 3. The molecule has 0 fully saturated rings. The van der Waals surface area contributed by atoms with Gasteiger partial charge in [-0.25, -0.2) is 9.97 Å². The maximum atomic E-state index is 5.49. The number of nitrogens with zero attached hydrogens (tertiary/aromatic N) is 2. The zero-order valence-electron chi connectivity index (χ0n) is 7.38. The molecule has 14 heavy (non-hydrogen) atoms. The molecule has 2 rings (SSSR count). The maximum absolute atomic E-state index is 5.49. The van der Waals surface area contributed by atoms with Crippen molar-refractivity contribution in [2.45, 2.75) is 10.1 Å². The van der Waals surface area contributed by atoms with Crippen molar-refractivity contribution in [2.24, 2.45) is 0 Å². The van der Waals surface area contributed by atoms with Crippen LogP contribution in [0.1, 0.15) is 5.56 Å². The fraction of sp³-hybridized carbons (Fsp3) is 0.111. The van der Waals surface area contributed by atoms with E-state index in [0.29, 0.717) is 5.82 Å². The van der Waals surface area contributed by atoms with Gasteiger partial charge < -0.3 is 5.73 Å². The van der Waals surface area contributed by atoms with E-state index >= 15 is 0 Å². The summed E-state index contributed by atoms with van der Waals surface area (Å²) in [7, 11) is 0. The van der Waals surface area contributed by atoms with Crippen LogP contribution in [-0.4, -0.2) is 9.97 Å². The Morgan fingerprint density at radius 3 is 2.93 bits per heavy atom. The van der Waals surface area contributed by atoms with Gasteiger partial charge in [-0.05, 0) is 11.6 Å². The summed E-state index contributed by atoms with van der Waals surface area (Å²) >= 11 is 3.36. The van der Waals surface area contributed by atoms with Gasteiger partial charge in [-0.15, -0.1) is 11.3 Å². The number of thioether (sulfide) groups is 1. The molecular weight excluding hydrogens is 214 g/mol. The molecule has 0 unspecified atom stereocenters. The predicted octanol–water partition coefficient (Wildman–Crippen LogP) is 2.41. The first-order valence-electron chi connectivity index (χ1n) is 4.07. The number of thiazole rings is 1. The van der Waals surface area contributed by atoms with Crippen LogP contribution in [0.2, 0.25) is 0 Å². The van der Waals surface area contributed by atoms with Gasteiger partial charge in [0.1, 0.15) is 10.2 Å². The Hall–Kier alpha value is -1.07. The van der Waals surface area contributed by atoms with Crippen molar-refractivity contribution >= 4 is 28.9 Å². The number of hydrogen-bond acceptors (Lipinski definition) is 5. The molecule has 72 valence electrons. The number of aromatic nitrogens is 2. The second kappa shape index (κ2) is 4.43. The maximum Gasteiger partial charge on any atom is 0.150 e. The summed E-state index contributed by atoms with van der Waals surface area (Å²) in [5.74, 6) is 1.45. The van der Waals surface area contributed by atoms with Crippen LogP contribution in [0.3, 0.4) is 0 Å². The summed E-state index contributed by atoms with van der Waals surface area (Å²) in [6.07, 6.45) is 3.62. The molecule has 0 saturated heterocycles. The molecule has 2 N–H and O–H groups in total. The summed E-state index contributed by atoms with van der Waals surface area (Å²) in [5.41, 5.74) is 6.66. The van der Waals surface area contributed by atoms with Gasteiger partial charge in [0.25, 0.3) is 0 Å². The third kappa shape index (κ3) is 2.46. The summed E-state index contributed by atoms with van der Waals surface area (Å²) in [5, 5.41) is 1.98. The molecular formula is C9H9N3S2. The van der Waals surface area contributed by atoms with Crippen LogP contribution >= 0.6 is 23.1 Å². The summed E-state index contributed by atoms with van der Waals surface area (Å²) in [6, 6.07) is 3.81. The van der Waals surface area contributed by atoms with E-state index in [9.17, 15) is 0 Å². The molecule has 0 aromatic carbocycles. The first kappa shape index (κ1) is 9.48. The van der Waals surface area contributed by atoms with E-state index < -0.39 is 0 Å². The zero-order chi connectivity index (χ0) is 9.80. The molecule has 0 amide bonds. The molecule has 0 bridgehead atoms. The Balaban J connectivity index is 1.95. The highest BCUT2D eigenvalue weighted by Crippen LogP contribution is 2.24. The molecule has 0 radical (unpaired) electrons. The molecule has 2 heterocycles. The minimum Gasteiger partial charge on any atom is -0.384 e. The van der Waals surface area contributed by atoms with E-state index in [1.54, 1.807) is 29.3 Å². The predicted molar refractivity (Wildman–Crippen MR) is 60.3 cm³/mol. The van der Waals surface area contributed by atoms with Gasteiger partial charge in [0.15, 0.2) is 0 Å². The van der Waals surface area contributed by atoms with Crippen molar-refractivity contribution in [1.82, 2.24) is 9.97 Å². The molecule has 2 aromatic rings. The molecule has 0 aliphatic rings. The Labute approximate surface area is 90.4 Å². The Morgan fingerprint density at radius 1 is 1.36 bits per heavy atom. The zero-order valence-corrected chi connectivity index (χ0v) is 9.02. The average molecular weight is 223 g/mol. The third-order valence-corrected chi connectivity index (χ3v) is 3.66. The van der Waals surface area contributed by atoms with Crippen LogP contribution in [0.5, 0.6) is 0 Å². The standard InChI is InChI=1S/C9H9N3S2/c10-8-2-1-7(5-12-8)6-14-9-11-3-4-13-9/h1-5H,6H2,(H2,10,12).